The quantitative estimate of drug-likeness (QED) is 0.866. The fraction of sp³-hybridized carbons (Fsp3) is 0.500. The number of carbonyl (C=O) groups excluding carboxylic acids is 1. The van der Waals surface area contributed by atoms with Crippen LogP contribution in [0.25, 0.3) is 0 Å². The zero-order valence-corrected chi connectivity index (χ0v) is 15.4. The van der Waals surface area contributed by atoms with E-state index in [1.807, 2.05) is 0 Å². The Kier molecular flexibility index (Phi) is 4.84. The maximum absolute atomic E-state index is 13.6. The fourth-order valence-corrected chi connectivity index (χ4v) is 4.70. The van der Waals surface area contributed by atoms with Crippen LogP contribution in [0.1, 0.15) is 48.5 Å². The highest BCUT2D eigenvalue weighted by Gasteiger charge is 2.30. The number of hydrogen-bond acceptors (Lipinski definition) is 5. The van der Waals surface area contributed by atoms with Crippen LogP contribution in [-0.4, -0.2) is 39.9 Å². The third kappa shape index (κ3) is 3.56. The second-order valence-corrected chi connectivity index (χ2v) is 7.92. The Morgan fingerprint density at radius 1 is 1.42 bits per heavy atom. The van der Waals surface area contributed by atoms with E-state index in [9.17, 15) is 9.18 Å². The highest BCUT2D eigenvalue weighted by molar-refractivity contribution is 7.99. The Hall–Kier alpha value is -2.09. The van der Waals surface area contributed by atoms with E-state index in [-0.39, 0.29) is 23.8 Å². The number of piperidine rings is 1. The van der Waals surface area contributed by atoms with Crippen molar-refractivity contribution in [3.05, 3.63) is 41.3 Å². The van der Waals surface area contributed by atoms with E-state index < -0.39 is 0 Å². The van der Waals surface area contributed by atoms with Crippen molar-refractivity contribution in [1.82, 2.24) is 20.4 Å². The second kappa shape index (κ2) is 7.26. The number of rotatable bonds is 2. The van der Waals surface area contributed by atoms with E-state index in [0.717, 1.165) is 35.5 Å². The van der Waals surface area contributed by atoms with Gasteiger partial charge in [0.15, 0.2) is 5.82 Å². The largest absolute Gasteiger partial charge is 0.339 e. The fourth-order valence-electron chi connectivity index (χ4n) is 3.60. The van der Waals surface area contributed by atoms with Crippen LogP contribution in [0.3, 0.4) is 0 Å². The van der Waals surface area contributed by atoms with Gasteiger partial charge in [-0.05, 0) is 49.9 Å². The first-order valence-corrected chi connectivity index (χ1v) is 9.86. The molecule has 1 saturated heterocycles. The molecule has 26 heavy (non-hydrogen) atoms. The molecule has 2 amide bonds. The molecule has 2 aromatic rings. The summed E-state index contributed by atoms with van der Waals surface area (Å²) < 4.78 is 18.9. The van der Waals surface area contributed by atoms with Crippen molar-refractivity contribution in [3.8, 4) is 0 Å². The lowest BCUT2D eigenvalue weighted by atomic mass is 9.98. The van der Waals surface area contributed by atoms with Crippen molar-refractivity contribution >= 4 is 17.8 Å². The van der Waals surface area contributed by atoms with Crippen LogP contribution < -0.4 is 5.32 Å². The van der Waals surface area contributed by atoms with Gasteiger partial charge in [0.1, 0.15) is 5.82 Å². The monoisotopic (exact) mass is 376 g/mol. The van der Waals surface area contributed by atoms with Gasteiger partial charge in [-0.15, -0.1) is 11.8 Å². The van der Waals surface area contributed by atoms with E-state index in [1.54, 1.807) is 29.7 Å². The average molecular weight is 376 g/mol. The predicted molar refractivity (Wildman–Crippen MR) is 95.6 cm³/mol. The van der Waals surface area contributed by atoms with Crippen molar-refractivity contribution < 1.29 is 13.7 Å². The number of likely N-dealkylation sites (tertiary alicyclic amines) is 1. The Morgan fingerprint density at radius 2 is 2.31 bits per heavy atom. The standard InChI is InChI=1S/C18H21FN4O2S/c1-11-20-17(25-22-11)12-3-2-7-23(10-12)18(24)21-15-6-8-26-16-5-4-13(19)9-14(15)16/h4-5,9,12,15H,2-3,6-8,10H2,1H3,(H,21,24). The van der Waals surface area contributed by atoms with Gasteiger partial charge in [0.2, 0.25) is 5.89 Å². The van der Waals surface area contributed by atoms with Gasteiger partial charge < -0.3 is 14.7 Å². The normalized spacial score (nSPS) is 22.8. The average Bonchev–Trinajstić information content (AvgIpc) is 3.09. The van der Waals surface area contributed by atoms with Crippen LogP contribution in [0, 0.1) is 12.7 Å². The predicted octanol–water partition coefficient (Wildman–Crippen LogP) is 3.64. The minimum atomic E-state index is -0.268. The number of benzene rings is 1. The molecule has 0 radical (unpaired) electrons. The molecule has 0 bridgehead atoms. The summed E-state index contributed by atoms with van der Waals surface area (Å²) in [5.41, 5.74) is 0.871. The molecule has 138 valence electrons. The first-order valence-electron chi connectivity index (χ1n) is 8.88. The first-order chi connectivity index (χ1) is 12.6. The number of carbonyl (C=O) groups is 1. The van der Waals surface area contributed by atoms with Gasteiger partial charge in [0, 0.05) is 23.7 Å². The number of aromatic nitrogens is 2. The molecule has 6 nitrogen and oxygen atoms in total. The minimum absolute atomic E-state index is 0.0716. The second-order valence-electron chi connectivity index (χ2n) is 6.79. The van der Waals surface area contributed by atoms with Crippen LogP contribution in [0.15, 0.2) is 27.6 Å². The Balaban J connectivity index is 1.44. The lowest BCUT2D eigenvalue weighted by Gasteiger charge is -2.33. The molecule has 4 rings (SSSR count). The maximum Gasteiger partial charge on any atom is 0.317 e. The number of hydrogen-bond donors (Lipinski definition) is 1. The Morgan fingerprint density at radius 3 is 3.12 bits per heavy atom. The van der Waals surface area contributed by atoms with Crippen molar-refractivity contribution in [2.75, 3.05) is 18.8 Å². The summed E-state index contributed by atoms with van der Waals surface area (Å²) in [7, 11) is 0. The molecule has 2 aliphatic heterocycles. The minimum Gasteiger partial charge on any atom is -0.339 e. The number of halogens is 1. The molecular formula is C18H21FN4O2S. The molecule has 0 saturated carbocycles. The molecule has 2 atom stereocenters. The van der Waals surface area contributed by atoms with Gasteiger partial charge >= 0.3 is 6.03 Å². The lowest BCUT2D eigenvalue weighted by Crippen LogP contribution is -2.46. The molecule has 2 aliphatic rings. The molecule has 0 aliphatic carbocycles. The van der Waals surface area contributed by atoms with Gasteiger partial charge in [-0.3, -0.25) is 0 Å². The zero-order valence-electron chi connectivity index (χ0n) is 14.6. The summed E-state index contributed by atoms with van der Waals surface area (Å²) in [4.78, 5) is 19.9. The molecule has 1 aromatic heterocycles. The number of thioether (sulfide) groups is 1. The highest BCUT2D eigenvalue weighted by atomic mass is 32.2. The van der Waals surface area contributed by atoms with Gasteiger partial charge in [-0.1, -0.05) is 5.16 Å². The first kappa shape index (κ1) is 17.3. The van der Waals surface area contributed by atoms with Crippen LogP contribution in [0.4, 0.5) is 9.18 Å². The van der Waals surface area contributed by atoms with Gasteiger partial charge in [0.05, 0.1) is 12.0 Å². The molecule has 3 heterocycles. The number of amides is 2. The lowest BCUT2D eigenvalue weighted by molar-refractivity contribution is 0.168. The van der Waals surface area contributed by atoms with Crippen molar-refractivity contribution in [3.63, 3.8) is 0 Å². The SMILES string of the molecule is Cc1noc(C2CCCN(C(=O)NC3CCSc4ccc(F)cc43)C2)n1. The third-order valence-corrected chi connectivity index (χ3v) is 6.03. The topological polar surface area (TPSA) is 71.3 Å². The van der Waals surface area contributed by atoms with Crippen molar-refractivity contribution in [2.45, 2.75) is 43.0 Å². The van der Waals surface area contributed by atoms with E-state index >= 15 is 0 Å². The van der Waals surface area contributed by atoms with E-state index in [1.165, 1.54) is 12.1 Å². The molecule has 8 heteroatoms. The van der Waals surface area contributed by atoms with Crippen LogP contribution in [-0.2, 0) is 0 Å². The zero-order chi connectivity index (χ0) is 18.1. The van der Waals surface area contributed by atoms with Gasteiger partial charge in [0.25, 0.3) is 0 Å². The maximum atomic E-state index is 13.6. The summed E-state index contributed by atoms with van der Waals surface area (Å²) in [6.07, 6.45) is 2.62. The van der Waals surface area contributed by atoms with E-state index in [2.05, 4.69) is 15.5 Å². The third-order valence-electron chi connectivity index (χ3n) is 4.91. The van der Waals surface area contributed by atoms with E-state index in [4.69, 9.17) is 4.52 Å². The molecule has 1 aromatic carbocycles. The van der Waals surface area contributed by atoms with Crippen LogP contribution >= 0.6 is 11.8 Å². The molecule has 1 fully saturated rings. The summed E-state index contributed by atoms with van der Waals surface area (Å²) in [5, 5.41) is 6.94. The Labute approximate surface area is 155 Å². The summed E-state index contributed by atoms with van der Waals surface area (Å²) in [5.74, 6) is 1.92. The van der Waals surface area contributed by atoms with Gasteiger partial charge in [-0.2, -0.15) is 4.98 Å². The van der Waals surface area contributed by atoms with Crippen molar-refractivity contribution in [2.24, 2.45) is 0 Å². The molecular weight excluding hydrogens is 355 g/mol. The number of aryl methyl sites for hydroxylation is 1. The summed E-state index contributed by atoms with van der Waals surface area (Å²) >= 11 is 1.70. The van der Waals surface area contributed by atoms with Crippen molar-refractivity contribution in [1.29, 1.82) is 0 Å². The number of urea groups is 1. The summed E-state index contributed by atoms with van der Waals surface area (Å²) in [6, 6.07) is 4.53. The molecule has 2 unspecified atom stereocenters. The molecule has 0 spiro atoms. The van der Waals surface area contributed by atoms with E-state index in [0.29, 0.717) is 24.8 Å². The molecule has 1 N–H and O–H groups in total. The van der Waals surface area contributed by atoms with Gasteiger partial charge in [-0.25, -0.2) is 9.18 Å². The number of nitrogens with one attached hydrogen (secondary N) is 1. The Bertz CT molecular complexity index is 812. The number of nitrogens with zero attached hydrogens (tertiary/aromatic N) is 3. The van der Waals surface area contributed by atoms with Crippen LogP contribution in [0.5, 0.6) is 0 Å². The number of fused-ring (bicyclic) bond motifs is 1. The highest BCUT2D eigenvalue weighted by Crippen LogP contribution is 2.36. The van der Waals surface area contributed by atoms with Crippen LogP contribution in [0.2, 0.25) is 0 Å². The summed E-state index contributed by atoms with van der Waals surface area (Å²) in [6.45, 7) is 3.05. The smallest absolute Gasteiger partial charge is 0.317 e.